The molecule has 2 fully saturated rings. The third-order valence-corrected chi connectivity index (χ3v) is 4.42. The van der Waals surface area contributed by atoms with Gasteiger partial charge in [0.2, 0.25) is 5.91 Å². The largest absolute Gasteiger partial charge is 0.342 e. The molecule has 2 saturated heterocycles. The first-order valence-electron chi connectivity index (χ1n) is 7.39. The van der Waals surface area contributed by atoms with Crippen LogP contribution in [0.15, 0.2) is 30.3 Å². The summed E-state index contributed by atoms with van der Waals surface area (Å²) in [7, 11) is 0. The molecule has 0 saturated carbocycles. The number of halogens is 1. The predicted octanol–water partition coefficient (Wildman–Crippen LogP) is 2.42. The van der Waals surface area contributed by atoms with Gasteiger partial charge in [-0.25, -0.2) is 0 Å². The number of nitrogens with zero attached hydrogens (tertiary/aromatic N) is 1. The van der Waals surface area contributed by atoms with E-state index in [0.717, 1.165) is 45.4 Å². The molecule has 3 nitrogen and oxygen atoms in total. The average Bonchev–Trinajstić information content (AvgIpc) is 2.98. The van der Waals surface area contributed by atoms with Crippen molar-refractivity contribution in [3.05, 3.63) is 35.9 Å². The average molecular weight is 295 g/mol. The lowest BCUT2D eigenvalue weighted by Crippen LogP contribution is -2.42. The van der Waals surface area contributed by atoms with Gasteiger partial charge in [0.05, 0.1) is 5.92 Å². The molecule has 2 aliphatic rings. The summed E-state index contributed by atoms with van der Waals surface area (Å²) in [6.45, 7) is 3.76. The molecule has 2 heterocycles. The molecule has 0 bridgehead atoms. The van der Waals surface area contributed by atoms with E-state index >= 15 is 0 Å². The van der Waals surface area contributed by atoms with E-state index in [1.54, 1.807) is 0 Å². The number of benzene rings is 1. The molecule has 4 heteroatoms. The van der Waals surface area contributed by atoms with E-state index in [4.69, 9.17) is 0 Å². The number of carbonyl (C=O) groups excluding carboxylic acids is 1. The van der Waals surface area contributed by atoms with Crippen LogP contribution in [0.25, 0.3) is 0 Å². The highest BCUT2D eigenvalue weighted by molar-refractivity contribution is 5.85. The van der Waals surface area contributed by atoms with Crippen molar-refractivity contribution in [3.63, 3.8) is 0 Å². The molecule has 1 aromatic rings. The summed E-state index contributed by atoms with van der Waals surface area (Å²) in [5.74, 6) is 1.11. The van der Waals surface area contributed by atoms with Crippen LogP contribution < -0.4 is 5.32 Å². The van der Waals surface area contributed by atoms with E-state index in [0.29, 0.717) is 11.8 Å². The molecule has 1 aromatic carbocycles. The van der Waals surface area contributed by atoms with Crippen LogP contribution >= 0.6 is 12.4 Å². The SMILES string of the molecule is Cl.O=C(C1CCCNC1)N1CCC(c2ccccc2)C1. The summed E-state index contributed by atoms with van der Waals surface area (Å²) in [5, 5.41) is 3.33. The van der Waals surface area contributed by atoms with Crippen molar-refractivity contribution in [2.24, 2.45) is 5.92 Å². The minimum absolute atomic E-state index is 0. The zero-order valence-electron chi connectivity index (χ0n) is 11.8. The third-order valence-electron chi connectivity index (χ3n) is 4.42. The quantitative estimate of drug-likeness (QED) is 0.908. The molecule has 2 unspecified atom stereocenters. The lowest BCUT2D eigenvalue weighted by molar-refractivity contribution is -0.135. The number of nitrogens with one attached hydrogen (secondary N) is 1. The Morgan fingerprint density at radius 1 is 1.20 bits per heavy atom. The van der Waals surface area contributed by atoms with Crippen LogP contribution in [0.4, 0.5) is 0 Å². The van der Waals surface area contributed by atoms with Gasteiger partial charge in [0, 0.05) is 25.6 Å². The van der Waals surface area contributed by atoms with Gasteiger partial charge < -0.3 is 10.2 Å². The van der Waals surface area contributed by atoms with Crippen molar-refractivity contribution in [1.29, 1.82) is 0 Å². The maximum absolute atomic E-state index is 12.5. The number of amides is 1. The van der Waals surface area contributed by atoms with Gasteiger partial charge in [0.25, 0.3) is 0 Å². The van der Waals surface area contributed by atoms with E-state index in [2.05, 4.69) is 40.5 Å². The Hall–Kier alpha value is -1.06. The summed E-state index contributed by atoms with van der Waals surface area (Å²) in [4.78, 5) is 14.5. The highest BCUT2D eigenvalue weighted by atomic mass is 35.5. The Morgan fingerprint density at radius 2 is 2.00 bits per heavy atom. The summed E-state index contributed by atoms with van der Waals surface area (Å²) < 4.78 is 0. The smallest absolute Gasteiger partial charge is 0.226 e. The Bertz CT molecular complexity index is 431. The standard InChI is InChI=1S/C16H22N2O.ClH/c19-16(14-7-4-9-17-11-14)18-10-8-15(12-18)13-5-2-1-3-6-13;/h1-3,5-6,14-15,17H,4,7-12H2;1H. The number of piperidine rings is 1. The normalized spacial score (nSPS) is 26.1. The zero-order valence-corrected chi connectivity index (χ0v) is 12.6. The molecule has 1 amide bonds. The third kappa shape index (κ3) is 3.33. The van der Waals surface area contributed by atoms with Crippen LogP contribution in [0.2, 0.25) is 0 Å². The fourth-order valence-electron chi connectivity index (χ4n) is 3.28. The lowest BCUT2D eigenvalue weighted by atomic mass is 9.97. The van der Waals surface area contributed by atoms with Gasteiger partial charge in [-0.05, 0) is 31.4 Å². The highest BCUT2D eigenvalue weighted by Crippen LogP contribution is 2.28. The molecule has 0 aromatic heterocycles. The van der Waals surface area contributed by atoms with Gasteiger partial charge in [0.15, 0.2) is 0 Å². The molecule has 2 atom stereocenters. The molecule has 110 valence electrons. The van der Waals surface area contributed by atoms with Crippen molar-refractivity contribution < 1.29 is 4.79 Å². The molecule has 2 aliphatic heterocycles. The monoisotopic (exact) mass is 294 g/mol. The van der Waals surface area contributed by atoms with Crippen LogP contribution in [0.3, 0.4) is 0 Å². The Kier molecular flexibility index (Phi) is 5.44. The number of carbonyl (C=O) groups is 1. The van der Waals surface area contributed by atoms with E-state index < -0.39 is 0 Å². The first-order valence-corrected chi connectivity index (χ1v) is 7.39. The van der Waals surface area contributed by atoms with Crippen molar-refractivity contribution in [1.82, 2.24) is 10.2 Å². The number of hydrogen-bond acceptors (Lipinski definition) is 2. The predicted molar refractivity (Wildman–Crippen MR) is 83.2 cm³/mol. The van der Waals surface area contributed by atoms with E-state index in [1.807, 2.05) is 0 Å². The maximum atomic E-state index is 12.5. The van der Waals surface area contributed by atoms with Gasteiger partial charge in [-0.15, -0.1) is 12.4 Å². The Morgan fingerprint density at radius 3 is 2.70 bits per heavy atom. The molecule has 0 radical (unpaired) electrons. The fourth-order valence-corrected chi connectivity index (χ4v) is 3.28. The van der Waals surface area contributed by atoms with Crippen molar-refractivity contribution >= 4 is 18.3 Å². The lowest BCUT2D eigenvalue weighted by Gasteiger charge is -2.27. The van der Waals surface area contributed by atoms with Gasteiger partial charge in [-0.2, -0.15) is 0 Å². The minimum Gasteiger partial charge on any atom is -0.342 e. The van der Waals surface area contributed by atoms with Crippen LogP contribution in [-0.2, 0) is 4.79 Å². The topological polar surface area (TPSA) is 32.3 Å². The molecular weight excluding hydrogens is 272 g/mol. The van der Waals surface area contributed by atoms with Gasteiger partial charge in [-0.3, -0.25) is 4.79 Å². The van der Waals surface area contributed by atoms with Gasteiger partial charge in [-0.1, -0.05) is 30.3 Å². The zero-order chi connectivity index (χ0) is 13.1. The second-order valence-corrected chi connectivity index (χ2v) is 5.72. The van der Waals surface area contributed by atoms with Crippen molar-refractivity contribution in [2.45, 2.75) is 25.2 Å². The van der Waals surface area contributed by atoms with E-state index in [-0.39, 0.29) is 18.3 Å². The molecular formula is C16H23ClN2O. The molecule has 0 spiro atoms. The molecule has 1 N–H and O–H groups in total. The van der Waals surface area contributed by atoms with Crippen LogP contribution in [0, 0.1) is 5.92 Å². The molecule has 0 aliphatic carbocycles. The summed E-state index contributed by atoms with van der Waals surface area (Å²) in [5.41, 5.74) is 1.37. The first-order chi connectivity index (χ1) is 9.34. The van der Waals surface area contributed by atoms with Crippen LogP contribution in [0.5, 0.6) is 0 Å². The van der Waals surface area contributed by atoms with Gasteiger partial charge in [0.1, 0.15) is 0 Å². The molecule has 20 heavy (non-hydrogen) atoms. The van der Waals surface area contributed by atoms with Gasteiger partial charge >= 0.3 is 0 Å². The van der Waals surface area contributed by atoms with Crippen LogP contribution in [0.1, 0.15) is 30.7 Å². The van der Waals surface area contributed by atoms with E-state index in [1.165, 1.54) is 5.56 Å². The van der Waals surface area contributed by atoms with E-state index in [9.17, 15) is 4.79 Å². The van der Waals surface area contributed by atoms with Crippen molar-refractivity contribution in [3.8, 4) is 0 Å². The highest BCUT2D eigenvalue weighted by Gasteiger charge is 2.31. The second kappa shape index (κ2) is 7.09. The first kappa shape index (κ1) is 15.3. The Balaban J connectivity index is 0.00000147. The Labute approximate surface area is 127 Å². The number of hydrogen-bond donors (Lipinski definition) is 1. The molecule has 3 rings (SSSR count). The fraction of sp³-hybridized carbons (Fsp3) is 0.562. The summed E-state index contributed by atoms with van der Waals surface area (Å²) in [6, 6.07) is 10.6. The summed E-state index contributed by atoms with van der Waals surface area (Å²) >= 11 is 0. The minimum atomic E-state index is 0. The maximum Gasteiger partial charge on any atom is 0.226 e. The second-order valence-electron chi connectivity index (χ2n) is 5.72. The number of likely N-dealkylation sites (tertiary alicyclic amines) is 1. The van der Waals surface area contributed by atoms with Crippen LogP contribution in [-0.4, -0.2) is 37.0 Å². The van der Waals surface area contributed by atoms with Crippen molar-refractivity contribution in [2.75, 3.05) is 26.2 Å². The summed E-state index contributed by atoms with van der Waals surface area (Å²) in [6.07, 6.45) is 3.29. The number of rotatable bonds is 2.